The number of carbonyl (C=O) groups excluding carboxylic acids is 4. The highest BCUT2D eigenvalue weighted by Gasteiger charge is 2.54. The van der Waals surface area contributed by atoms with Crippen LogP contribution in [0.25, 0.3) is 0 Å². The fraction of sp³-hybridized carbons (Fsp3) is 0.514. The van der Waals surface area contributed by atoms with E-state index < -0.39 is 66.0 Å². The molecule has 2 heterocycles. The normalized spacial score (nSPS) is 20.2. The minimum Gasteiger partial charge on any atom is -0.445 e. The van der Waals surface area contributed by atoms with Crippen LogP contribution in [0.5, 0.6) is 0 Å². The largest absolute Gasteiger partial charge is 0.445 e. The summed E-state index contributed by atoms with van der Waals surface area (Å²) in [5.41, 5.74) is 0.769. The number of terminal acetylenes is 1. The van der Waals surface area contributed by atoms with E-state index in [-0.39, 0.29) is 38.7 Å². The lowest BCUT2D eigenvalue weighted by Gasteiger charge is -2.34. The lowest BCUT2D eigenvalue weighted by Crippen LogP contribution is -2.60. The monoisotopic (exact) mass is 694 g/mol. The second-order valence-corrected chi connectivity index (χ2v) is 13.5. The molecule has 270 valence electrons. The number of halogens is 1. The number of carbonyl (C=O) groups is 4. The van der Waals surface area contributed by atoms with Crippen LogP contribution in [-0.4, -0.2) is 107 Å². The van der Waals surface area contributed by atoms with E-state index in [0.29, 0.717) is 12.0 Å². The van der Waals surface area contributed by atoms with Crippen LogP contribution in [-0.2, 0) is 41.8 Å². The molecule has 2 aliphatic rings. The summed E-state index contributed by atoms with van der Waals surface area (Å²) in [4.78, 5) is 58.4. The smallest absolute Gasteiger partial charge is 0.410 e. The summed E-state index contributed by atoms with van der Waals surface area (Å²) in [5.74, 6) is 0.938. The minimum atomic E-state index is -1.19. The van der Waals surface area contributed by atoms with E-state index in [4.69, 9.17) is 25.4 Å². The van der Waals surface area contributed by atoms with Gasteiger partial charge in [-0.2, -0.15) is 0 Å². The van der Waals surface area contributed by atoms with E-state index in [0.717, 1.165) is 10.5 Å². The highest BCUT2D eigenvalue weighted by atomic mass is 19.1. The van der Waals surface area contributed by atoms with Crippen molar-refractivity contribution < 1.29 is 42.5 Å². The van der Waals surface area contributed by atoms with Crippen molar-refractivity contribution in [2.75, 3.05) is 26.7 Å². The highest BCUT2D eigenvalue weighted by Crippen LogP contribution is 2.35. The van der Waals surface area contributed by atoms with Gasteiger partial charge in [0, 0.05) is 13.6 Å². The minimum absolute atomic E-state index is 0.0748. The second kappa shape index (κ2) is 16.8. The first-order chi connectivity index (χ1) is 23.7. The van der Waals surface area contributed by atoms with Gasteiger partial charge < -0.3 is 34.1 Å². The quantitative estimate of drug-likeness (QED) is 0.329. The van der Waals surface area contributed by atoms with Gasteiger partial charge in [0.15, 0.2) is 0 Å². The maximum Gasteiger partial charge on any atom is 0.410 e. The Morgan fingerprint density at radius 3 is 2.32 bits per heavy atom. The predicted molar refractivity (Wildman–Crippen MR) is 182 cm³/mol. The van der Waals surface area contributed by atoms with E-state index in [9.17, 15) is 23.6 Å². The molecule has 0 saturated carbocycles. The zero-order valence-corrected chi connectivity index (χ0v) is 29.5. The Labute approximate surface area is 293 Å². The summed E-state index contributed by atoms with van der Waals surface area (Å²) in [6.07, 6.45) is 3.14. The molecule has 4 amide bonds. The molecule has 4 rings (SSSR count). The number of nitrogens with one attached hydrogen (secondary N) is 1. The summed E-state index contributed by atoms with van der Waals surface area (Å²) in [6, 6.07) is 12.0. The Morgan fingerprint density at radius 2 is 1.68 bits per heavy atom. The predicted octanol–water partition coefficient (Wildman–Crippen LogP) is 4.11. The SMILES string of the molecule is C#CCOC(C)C(NC(=O)C(C)N(C)C(=O)OC(C)(C)C)C(=O)N1CCC2C1C(OCc1ccc(F)cc1)CN2C(=O)OCc1ccccc1. The summed E-state index contributed by atoms with van der Waals surface area (Å²) in [7, 11) is 1.44. The molecule has 6 atom stereocenters. The van der Waals surface area contributed by atoms with Crippen LogP contribution in [0.4, 0.5) is 14.0 Å². The molecule has 12 nitrogen and oxygen atoms in total. The molecule has 0 bridgehead atoms. The highest BCUT2D eigenvalue weighted by molar-refractivity contribution is 5.92. The van der Waals surface area contributed by atoms with Crippen LogP contribution in [0.15, 0.2) is 54.6 Å². The molecular formula is C37H47FN4O8. The lowest BCUT2D eigenvalue weighted by molar-refractivity contribution is -0.144. The van der Waals surface area contributed by atoms with E-state index in [1.54, 1.807) is 49.6 Å². The number of likely N-dealkylation sites (N-methyl/N-ethyl adjacent to an activating group) is 1. The van der Waals surface area contributed by atoms with Crippen molar-refractivity contribution >= 4 is 24.0 Å². The molecule has 0 aromatic heterocycles. The van der Waals surface area contributed by atoms with Gasteiger partial charge in [0.2, 0.25) is 11.8 Å². The number of nitrogens with zero attached hydrogens (tertiary/aromatic N) is 3. The van der Waals surface area contributed by atoms with E-state index >= 15 is 0 Å². The second-order valence-electron chi connectivity index (χ2n) is 13.5. The fourth-order valence-electron chi connectivity index (χ4n) is 6.01. The average Bonchev–Trinajstić information content (AvgIpc) is 3.68. The molecule has 0 aliphatic carbocycles. The Hall–Kier alpha value is -4.67. The molecule has 6 unspecified atom stereocenters. The van der Waals surface area contributed by atoms with Crippen LogP contribution in [0.3, 0.4) is 0 Å². The first kappa shape index (κ1) is 38.1. The van der Waals surface area contributed by atoms with Crippen LogP contribution in [0, 0.1) is 18.2 Å². The Kier molecular flexibility index (Phi) is 12.8. The van der Waals surface area contributed by atoms with E-state index in [2.05, 4.69) is 11.2 Å². The van der Waals surface area contributed by atoms with Gasteiger partial charge in [-0.05, 0) is 64.3 Å². The Balaban J connectivity index is 1.56. The molecule has 0 spiro atoms. The number of hydrogen-bond acceptors (Lipinski definition) is 8. The summed E-state index contributed by atoms with van der Waals surface area (Å²) in [6.45, 7) is 8.78. The molecule has 50 heavy (non-hydrogen) atoms. The van der Waals surface area contributed by atoms with Crippen molar-refractivity contribution in [3.63, 3.8) is 0 Å². The molecule has 2 aromatic rings. The number of likely N-dealkylation sites (tertiary alicyclic amines) is 2. The van der Waals surface area contributed by atoms with Gasteiger partial charge in [0.05, 0.1) is 37.4 Å². The molecule has 13 heteroatoms. The van der Waals surface area contributed by atoms with Crippen LogP contribution in [0.2, 0.25) is 0 Å². The van der Waals surface area contributed by atoms with Gasteiger partial charge in [-0.15, -0.1) is 6.42 Å². The maximum absolute atomic E-state index is 14.4. The standard InChI is InChI=1S/C37H47FN4O8/c1-8-20-47-25(3)31(39-33(43)24(2)40(7)35(45)50-37(4,5)6)34(44)41-19-18-29-32(41)30(48-22-27-14-16-28(38)17-15-27)21-42(29)36(46)49-23-26-12-10-9-11-13-26/h1,9-17,24-25,29-32H,18-23H2,2-7H3,(H,39,43). The van der Waals surface area contributed by atoms with Gasteiger partial charge in [-0.25, -0.2) is 14.0 Å². The average molecular weight is 695 g/mol. The van der Waals surface area contributed by atoms with E-state index in [1.807, 2.05) is 30.3 Å². The van der Waals surface area contributed by atoms with Crippen molar-refractivity contribution in [2.45, 2.75) is 96.2 Å². The number of fused-ring (bicyclic) bond motifs is 1. The van der Waals surface area contributed by atoms with Crippen LogP contribution < -0.4 is 5.32 Å². The van der Waals surface area contributed by atoms with Crippen molar-refractivity contribution in [2.24, 2.45) is 0 Å². The van der Waals surface area contributed by atoms with Gasteiger partial charge in [0.25, 0.3) is 0 Å². The number of ether oxygens (including phenoxy) is 4. The number of amides is 4. The van der Waals surface area contributed by atoms with Gasteiger partial charge in [0.1, 0.15) is 36.7 Å². The zero-order valence-electron chi connectivity index (χ0n) is 29.5. The first-order valence-corrected chi connectivity index (χ1v) is 16.6. The Bertz CT molecular complexity index is 1530. The number of hydrogen-bond donors (Lipinski definition) is 1. The van der Waals surface area contributed by atoms with Crippen molar-refractivity contribution in [3.8, 4) is 12.3 Å². The molecule has 0 radical (unpaired) electrons. The topological polar surface area (TPSA) is 127 Å². The van der Waals surface area contributed by atoms with E-state index in [1.165, 1.54) is 26.1 Å². The maximum atomic E-state index is 14.4. The zero-order chi connectivity index (χ0) is 36.6. The third kappa shape index (κ3) is 9.73. The van der Waals surface area contributed by atoms with Crippen molar-refractivity contribution in [1.82, 2.24) is 20.0 Å². The number of rotatable bonds is 12. The van der Waals surface area contributed by atoms with Gasteiger partial charge in [-0.1, -0.05) is 48.4 Å². The van der Waals surface area contributed by atoms with Gasteiger partial charge in [-0.3, -0.25) is 14.5 Å². The molecule has 1 N–H and O–H groups in total. The molecule has 2 fully saturated rings. The lowest BCUT2D eigenvalue weighted by atomic mass is 10.1. The summed E-state index contributed by atoms with van der Waals surface area (Å²) in [5, 5.41) is 2.78. The van der Waals surface area contributed by atoms with Crippen molar-refractivity contribution in [3.05, 3.63) is 71.5 Å². The fourth-order valence-corrected chi connectivity index (χ4v) is 6.01. The number of benzene rings is 2. The molecule has 2 aromatic carbocycles. The molecule has 2 saturated heterocycles. The molecular weight excluding hydrogens is 647 g/mol. The third-order valence-electron chi connectivity index (χ3n) is 8.78. The Morgan fingerprint density at radius 1 is 1.02 bits per heavy atom. The third-order valence-corrected chi connectivity index (χ3v) is 8.78. The van der Waals surface area contributed by atoms with Crippen LogP contribution in [0.1, 0.15) is 52.2 Å². The summed E-state index contributed by atoms with van der Waals surface area (Å²) < 4.78 is 36.7. The van der Waals surface area contributed by atoms with Crippen molar-refractivity contribution in [1.29, 1.82) is 0 Å². The van der Waals surface area contributed by atoms with Crippen LogP contribution >= 0.6 is 0 Å². The molecule has 2 aliphatic heterocycles. The first-order valence-electron chi connectivity index (χ1n) is 16.6. The summed E-state index contributed by atoms with van der Waals surface area (Å²) >= 11 is 0. The van der Waals surface area contributed by atoms with Gasteiger partial charge >= 0.3 is 12.2 Å².